The fourth-order valence-electron chi connectivity index (χ4n) is 2.09. The highest BCUT2D eigenvalue weighted by Crippen LogP contribution is 2.27. The number of benzene rings is 2. The molecule has 0 saturated carbocycles. The molecular weight excluding hydrogens is 407 g/mol. The molecule has 0 aliphatic rings. The van der Waals surface area contributed by atoms with Gasteiger partial charge in [0.1, 0.15) is 0 Å². The number of ether oxygens (including phenoxy) is 2. The van der Waals surface area contributed by atoms with Crippen LogP contribution in [0, 0.1) is 3.57 Å². The molecule has 0 saturated heterocycles. The molecule has 0 unspecified atom stereocenters. The van der Waals surface area contributed by atoms with Crippen molar-refractivity contribution in [2.24, 2.45) is 0 Å². The molecule has 2 aromatic rings. The van der Waals surface area contributed by atoms with E-state index in [2.05, 4.69) is 33.2 Å². The highest BCUT2D eigenvalue weighted by molar-refractivity contribution is 14.1. The number of anilines is 1. The van der Waals surface area contributed by atoms with Gasteiger partial charge in [-0.25, -0.2) is 4.79 Å². The van der Waals surface area contributed by atoms with Gasteiger partial charge in [-0.05, 0) is 58.8 Å². The van der Waals surface area contributed by atoms with Crippen LogP contribution in [0.3, 0.4) is 0 Å². The molecule has 0 fully saturated rings. The average molecular weight is 426 g/mol. The third-order valence-electron chi connectivity index (χ3n) is 3.27. The molecule has 0 heterocycles. The summed E-state index contributed by atoms with van der Waals surface area (Å²) in [7, 11) is 3.21. The van der Waals surface area contributed by atoms with Crippen molar-refractivity contribution in [2.75, 3.05) is 26.1 Å². The average Bonchev–Trinajstić information content (AvgIpc) is 2.56. The maximum absolute atomic E-state index is 11.9. The summed E-state index contributed by atoms with van der Waals surface area (Å²) in [5.74, 6) is 1.38. The van der Waals surface area contributed by atoms with Crippen LogP contribution in [0.2, 0.25) is 0 Å². The van der Waals surface area contributed by atoms with E-state index < -0.39 is 0 Å². The van der Waals surface area contributed by atoms with Crippen molar-refractivity contribution < 1.29 is 14.3 Å². The first-order valence-electron chi connectivity index (χ1n) is 7.14. The van der Waals surface area contributed by atoms with Gasteiger partial charge in [-0.3, -0.25) is 0 Å². The van der Waals surface area contributed by atoms with Crippen LogP contribution in [0.5, 0.6) is 11.5 Å². The molecule has 0 aliphatic heterocycles. The van der Waals surface area contributed by atoms with Gasteiger partial charge in [0.25, 0.3) is 0 Å². The SMILES string of the molecule is COc1ccc(CCNC(=O)Nc2ccccc2I)cc1OC. The van der Waals surface area contributed by atoms with E-state index in [-0.39, 0.29) is 6.03 Å². The van der Waals surface area contributed by atoms with Crippen LogP contribution in [0.15, 0.2) is 42.5 Å². The first kappa shape index (κ1) is 17.4. The minimum Gasteiger partial charge on any atom is -0.493 e. The van der Waals surface area contributed by atoms with Gasteiger partial charge in [0.2, 0.25) is 0 Å². The lowest BCUT2D eigenvalue weighted by atomic mass is 10.1. The normalized spacial score (nSPS) is 10.0. The van der Waals surface area contributed by atoms with Crippen molar-refractivity contribution in [3.05, 3.63) is 51.6 Å². The minimum atomic E-state index is -0.213. The van der Waals surface area contributed by atoms with Gasteiger partial charge in [0, 0.05) is 10.1 Å². The van der Waals surface area contributed by atoms with E-state index in [1.54, 1.807) is 14.2 Å². The maximum Gasteiger partial charge on any atom is 0.319 e. The zero-order valence-electron chi connectivity index (χ0n) is 13.1. The van der Waals surface area contributed by atoms with Crippen LogP contribution >= 0.6 is 22.6 Å². The predicted molar refractivity (Wildman–Crippen MR) is 99.4 cm³/mol. The summed E-state index contributed by atoms with van der Waals surface area (Å²) in [6, 6.07) is 13.2. The number of urea groups is 1. The first-order chi connectivity index (χ1) is 11.1. The fraction of sp³-hybridized carbons (Fsp3) is 0.235. The van der Waals surface area contributed by atoms with Gasteiger partial charge in [-0.1, -0.05) is 18.2 Å². The standard InChI is InChI=1S/C17H19IN2O3/c1-22-15-8-7-12(11-16(15)23-2)9-10-19-17(21)20-14-6-4-3-5-13(14)18/h3-8,11H,9-10H2,1-2H3,(H2,19,20,21). The molecule has 122 valence electrons. The zero-order chi connectivity index (χ0) is 16.7. The number of carbonyl (C=O) groups excluding carboxylic acids is 1. The largest absolute Gasteiger partial charge is 0.493 e. The monoisotopic (exact) mass is 426 g/mol. The van der Waals surface area contributed by atoms with E-state index >= 15 is 0 Å². The van der Waals surface area contributed by atoms with Crippen LogP contribution in [0.1, 0.15) is 5.56 Å². The Morgan fingerprint density at radius 2 is 1.83 bits per heavy atom. The van der Waals surface area contributed by atoms with Crippen molar-refractivity contribution in [3.8, 4) is 11.5 Å². The zero-order valence-corrected chi connectivity index (χ0v) is 15.2. The smallest absolute Gasteiger partial charge is 0.319 e. The number of carbonyl (C=O) groups is 1. The Morgan fingerprint density at radius 1 is 1.09 bits per heavy atom. The number of hydrogen-bond donors (Lipinski definition) is 2. The second kappa shape index (κ2) is 8.61. The van der Waals surface area contributed by atoms with Gasteiger partial charge < -0.3 is 20.1 Å². The van der Waals surface area contributed by atoms with Gasteiger partial charge in [-0.2, -0.15) is 0 Å². The summed E-state index contributed by atoms with van der Waals surface area (Å²) < 4.78 is 11.5. The lowest BCUT2D eigenvalue weighted by Gasteiger charge is -2.11. The summed E-state index contributed by atoms with van der Waals surface area (Å²) in [5.41, 5.74) is 1.87. The Kier molecular flexibility index (Phi) is 6.52. The maximum atomic E-state index is 11.9. The van der Waals surface area contributed by atoms with E-state index in [4.69, 9.17) is 9.47 Å². The van der Waals surface area contributed by atoms with Crippen molar-refractivity contribution in [1.29, 1.82) is 0 Å². The highest BCUT2D eigenvalue weighted by atomic mass is 127. The van der Waals surface area contributed by atoms with Crippen LogP contribution < -0.4 is 20.1 Å². The Hall–Kier alpha value is -1.96. The molecule has 5 nitrogen and oxygen atoms in total. The summed E-state index contributed by atoms with van der Waals surface area (Å²) in [5, 5.41) is 5.68. The van der Waals surface area contributed by atoms with Crippen molar-refractivity contribution in [2.45, 2.75) is 6.42 Å². The molecule has 2 amide bonds. The van der Waals surface area contributed by atoms with Gasteiger partial charge in [0.15, 0.2) is 11.5 Å². The molecule has 0 atom stereocenters. The number of hydrogen-bond acceptors (Lipinski definition) is 3. The van der Waals surface area contributed by atoms with E-state index in [1.807, 2.05) is 42.5 Å². The summed E-state index contributed by atoms with van der Waals surface area (Å²) in [4.78, 5) is 11.9. The van der Waals surface area contributed by atoms with Gasteiger partial charge in [0.05, 0.1) is 19.9 Å². The Morgan fingerprint density at radius 3 is 2.52 bits per heavy atom. The number of halogens is 1. The van der Waals surface area contributed by atoms with E-state index in [0.29, 0.717) is 24.5 Å². The molecule has 0 aromatic heterocycles. The third-order valence-corrected chi connectivity index (χ3v) is 4.21. The molecular formula is C17H19IN2O3. The Bertz CT molecular complexity index is 677. The molecule has 2 N–H and O–H groups in total. The minimum absolute atomic E-state index is 0.213. The van der Waals surface area contributed by atoms with Crippen molar-refractivity contribution in [1.82, 2.24) is 5.32 Å². The number of rotatable bonds is 6. The Labute approximate surface area is 149 Å². The number of para-hydroxylation sites is 1. The van der Waals surface area contributed by atoms with E-state index in [0.717, 1.165) is 14.8 Å². The molecule has 2 rings (SSSR count). The molecule has 0 bridgehead atoms. The topological polar surface area (TPSA) is 59.6 Å². The summed E-state index contributed by atoms with van der Waals surface area (Å²) >= 11 is 2.19. The Balaban J connectivity index is 1.85. The molecule has 0 radical (unpaired) electrons. The van der Waals surface area contributed by atoms with Crippen molar-refractivity contribution in [3.63, 3.8) is 0 Å². The van der Waals surface area contributed by atoms with E-state index in [1.165, 1.54) is 0 Å². The lowest BCUT2D eigenvalue weighted by Crippen LogP contribution is -2.30. The van der Waals surface area contributed by atoms with Crippen LogP contribution in [-0.4, -0.2) is 26.8 Å². The summed E-state index contributed by atoms with van der Waals surface area (Å²) in [6.45, 7) is 0.532. The van der Waals surface area contributed by atoms with Gasteiger partial charge in [-0.15, -0.1) is 0 Å². The van der Waals surface area contributed by atoms with Gasteiger partial charge >= 0.3 is 6.03 Å². The fourth-order valence-corrected chi connectivity index (χ4v) is 2.61. The number of amides is 2. The van der Waals surface area contributed by atoms with Crippen LogP contribution in [-0.2, 0) is 6.42 Å². The second-order valence-electron chi connectivity index (χ2n) is 4.80. The quantitative estimate of drug-likeness (QED) is 0.694. The predicted octanol–water partition coefficient (Wildman–Crippen LogP) is 3.67. The molecule has 23 heavy (non-hydrogen) atoms. The van der Waals surface area contributed by atoms with E-state index in [9.17, 15) is 4.79 Å². The molecule has 2 aromatic carbocycles. The van der Waals surface area contributed by atoms with Crippen molar-refractivity contribution >= 4 is 34.3 Å². The molecule has 0 aliphatic carbocycles. The molecule has 6 heteroatoms. The highest BCUT2D eigenvalue weighted by Gasteiger charge is 2.06. The molecule has 0 spiro atoms. The third kappa shape index (κ3) is 5.02. The lowest BCUT2D eigenvalue weighted by molar-refractivity contribution is 0.252. The number of nitrogens with one attached hydrogen (secondary N) is 2. The van der Waals surface area contributed by atoms with Crippen LogP contribution in [0.25, 0.3) is 0 Å². The van der Waals surface area contributed by atoms with Crippen LogP contribution in [0.4, 0.5) is 10.5 Å². The summed E-state index contributed by atoms with van der Waals surface area (Å²) in [6.07, 6.45) is 0.708. The first-order valence-corrected chi connectivity index (χ1v) is 8.22. The number of methoxy groups -OCH3 is 2. The second-order valence-corrected chi connectivity index (χ2v) is 5.96.